The number of benzene rings is 2. The summed E-state index contributed by atoms with van der Waals surface area (Å²) in [7, 11) is 0. The molecule has 1 saturated heterocycles. The summed E-state index contributed by atoms with van der Waals surface area (Å²) < 4.78 is 1.84. The molecule has 0 bridgehead atoms. The fourth-order valence-corrected chi connectivity index (χ4v) is 4.04. The van der Waals surface area contributed by atoms with E-state index in [0.717, 1.165) is 35.6 Å². The number of amides is 1. The number of aromatic nitrogens is 3. The molecule has 33 heavy (non-hydrogen) atoms. The number of hydrogen-bond donors (Lipinski definition) is 0. The molecule has 0 saturated carbocycles. The van der Waals surface area contributed by atoms with Crippen LogP contribution < -0.4 is 4.90 Å². The smallest absolute Gasteiger partial charge is 0.246 e. The predicted molar refractivity (Wildman–Crippen MR) is 131 cm³/mol. The van der Waals surface area contributed by atoms with Gasteiger partial charge in [0.25, 0.3) is 0 Å². The summed E-state index contributed by atoms with van der Waals surface area (Å²) in [6.07, 6.45) is 9.01. The summed E-state index contributed by atoms with van der Waals surface area (Å²) in [6.45, 7) is 3.07. The molecule has 1 aliphatic rings. The fourth-order valence-electron chi connectivity index (χ4n) is 4.04. The van der Waals surface area contributed by atoms with Crippen molar-refractivity contribution in [3.63, 3.8) is 0 Å². The van der Waals surface area contributed by atoms with Crippen molar-refractivity contribution in [3.05, 3.63) is 103 Å². The number of carbonyl (C=O) groups excluding carboxylic acids is 1. The molecule has 0 aliphatic carbocycles. The second kappa shape index (κ2) is 9.53. The maximum absolute atomic E-state index is 12.9. The van der Waals surface area contributed by atoms with Crippen molar-refractivity contribution in [1.82, 2.24) is 19.7 Å². The summed E-state index contributed by atoms with van der Waals surface area (Å²) in [5.74, 6) is 0.0207. The van der Waals surface area contributed by atoms with Gasteiger partial charge < -0.3 is 9.80 Å². The van der Waals surface area contributed by atoms with Gasteiger partial charge in [-0.15, -0.1) is 0 Å². The third kappa shape index (κ3) is 4.70. The number of hydrogen-bond acceptors (Lipinski definition) is 4. The number of anilines is 1. The van der Waals surface area contributed by atoms with Crippen LogP contribution in [0.1, 0.15) is 5.56 Å². The van der Waals surface area contributed by atoms with E-state index in [4.69, 9.17) is 5.10 Å². The molecule has 1 amide bonds. The van der Waals surface area contributed by atoms with Gasteiger partial charge in [0.1, 0.15) is 5.69 Å². The Morgan fingerprint density at radius 2 is 1.52 bits per heavy atom. The van der Waals surface area contributed by atoms with Gasteiger partial charge >= 0.3 is 0 Å². The minimum atomic E-state index is 0.0207. The lowest BCUT2D eigenvalue weighted by molar-refractivity contribution is -0.126. The lowest BCUT2D eigenvalue weighted by atomic mass is 10.1. The van der Waals surface area contributed by atoms with E-state index in [9.17, 15) is 4.79 Å². The highest BCUT2D eigenvalue weighted by molar-refractivity contribution is 5.93. The molecule has 4 aromatic rings. The zero-order valence-corrected chi connectivity index (χ0v) is 18.3. The summed E-state index contributed by atoms with van der Waals surface area (Å²) in [5, 5.41) is 4.78. The molecule has 3 heterocycles. The predicted octanol–water partition coefficient (Wildman–Crippen LogP) is 4.30. The van der Waals surface area contributed by atoms with Crippen molar-refractivity contribution >= 4 is 17.7 Å². The van der Waals surface area contributed by atoms with Crippen molar-refractivity contribution in [3.8, 4) is 16.9 Å². The third-order valence-electron chi connectivity index (χ3n) is 5.82. The first-order valence-corrected chi connectivity index (χ1v) is 11.1. The largest absolute Gasteiger partial charge is 0.368 e. The highest BCUT2D eigenvalue weighted by atomic mass is 16.2. The zero-order valence-electron chi connectivity index (χ0n) is 18.3. The molecule has 0 unspecified atom stereocenters. The van der Waals surface area contributed by atoms with Gasteiger partial charge in [0, 0.05) is 67.7 Å². The van der Waals surface area contributed by atoms with Crippen molar-refractivity contribution in [2.45, 2.75) is 0 Å². The van der Waals surface area contributed by atoms with E-state index in [-0.39, 0.29) is 5.91 Å². The average molecular weight is 436 g/mol. The van der Waals surface area contributed by atoms with Gasteiger partial charge in [0.05, 0.1) is 5.69 Å². The molecule has 5 rings (SSSR count). The molecule has 1 aliphatic heterocycles. The number of rotatable bonds is 5. The quantitative estimate of drug-likeness (QED) is 0.439. The molecular formula is C27H25N5O. The Labute approximate surface area is 193 Å². The first kappa shape index (κ1) is 20.7. The standard InChI is InChI=1S/C27H25N5O/c33-26(31-18-16-30(17-19-31)24-9-3-1-4-10-24)14-13-23-21-32(25-11-5-2-6-12-25)29-27(23)22-8-7-15-28-20-22/h1-15,20-21H,16-19H2/b14-13+. The highest BCUT2D eigenvalue weighted by Gasteiger charge is 2.20. The van der Waals surface area contributed by atoms with Crippen LogP contribution in [0.25, 0.3) is 23.0 Å². The van der Waals surface area contributed by atoms with E-state index in [1.807, 2.05) is 82.5 Å². The summed E-state index contributed by atoms with van der Waals surface area (Å²) in [5.41, 5.74) is 4.75. The van der Waals surface area contributed by atoms with E-state index in [0.29, 0.717) is 13.1 Å². The monoisotopic (exact) mass is 435 g/mol. The van der Waals surface area contributed by atoms with E-state index >= 15 is 0 Å². The first-order valence-electron chi connectivity index (χ1n) is 11.1. The molecule has 2 aromatic carbocycles. The lowest BCUT2D eigenvalue weighted by Gasteiger charge is -2.35. The molecule has 1 fully saturated rings. The SMILES string of the molecule is O=C(/C=C/c1cn(-c2ccccc2)nc1-c1cccnc1)N1CCN(c2ccccc2)CC1. The second-order valence-corrected chi connectivity index (χ2v) is 7.94. The van der Waals surface area contributed by atoms with E-state index < -0.39 is 0 Å². The summed E-state index contributed by atoms with van der Waals surface area (Å²) >= 11 is 0. The second-order valence-electron chi connectivity index (χ2n) is 7.94. The minimum Gasteiger partial charge on any atom is -0.368 e. The van der Waals surface area contributed by atoms with E-state index in [1.54, 1.807) is 18.5 Å². The average Bonchev–Trinajstić information content (AvgIpc) is 3.33. The molecular weight excluding hydrogens is 410 g/mol. The molecule has 0 N–H and O–H groups in total. The fraction of sp³-hybridized carbons (Fsp3) is 0.148. The Balaban J connectivity index is 1.33. The third-order valence-corrected chi connectivity index (χ3v) is 5.82. The molecule has 0 atom stereocenters. The van der Waals surface area contributed by atoms with Crippen LogP contribution in [-0.4, -0.2) is 51.8 Å². The molecule has 2 aromatic heterocycles. The van der Waals surface area contributed by atoms with Gasteiger partial charge in [-0.3, -0.25) is 9.78 Å². The van der Waals surface area contributed by atoms with Crippen molar-refractivity contribution in [1.29, 1.82) is 0 Å². The van der Waals surface area contributed by atoms with Crippen LogP contribution in [0.2, 0.25) is 0 Å². The Bertz CT molecular complexity index is 1230. The Kier molecular flexibility index (Phi) is 5.97. The molecule has 164 valence electrons. The van der Waals surface area contributed by atoms with Gasteiger partial charge in [-0.25, -0.2) is 4.68 Å². The summed E-state index contributed by atoms with van der Waals surface area (Å²) in [4.78, 5) is 21.4. The number of piperazine rings is 1. The molecule has 6 nitrogen and oxygen atoms in total. The minimum absolute atomic E-state index is 0.0207. The maximum atomic E-state index is 12.9. The van der Waals surface area contributed by atoms with Gasteiger partial charge in [-0.05, 0) is 42.5 Å². The Hall–Kier alpha value is -4.19. The molecule has 6 heteroatoms. The maximum Gasteiger partial charge on any atom is 0.246 e. The number of carbonyl (C=O) groups is 1. The zero-order chi connectivity index (χ0) is 22.5. The Morgan fingerprint density at radius 1 is 0.818 bits per heavy atom. The highest BCUT2D eigenvalue weighted by Crippen LogP contribution is 2.24. The van der Waals surface area contributed by atoms with Crippen LogP contribution >= 0.6 is 0 Å². The Morgan fingerprint density at radius 3 is 2.18 bits per heavy atom. The number of nitrogens with zero attached hydrogens (tertiary/aromatic N) is 5. The van der Waals surface area contributed by atoms with Crippen LogP contribution in [0.5, 0.6) is 0 Å². The van der Waals surface area contributed by atoms with Crippen molar-refractivity contribution in [2.75, 3.05) is 31.1 Å². The van der Waals surface area contributed by atoms with Crippen LogP contribution in [0.3, 0.4) is 0 Å². The molecule has 0 radical (unpaired) electrons. The van der Waals surface area contributed by atoms with Crippen LogP contribution in [0, 0.1) is 0 Å². The first-order chi connectivity index (χ1) is 16.3. The normalized spacial score (nSPS) is 14.1. The van der Waals surface area contributed by atoms with E-state index in [1.165, 1.54) is 5.69 Å². The lowest BCUT2D eigenvalue weighted by Crippen LogP contribution is -2.48. The number of pyridine rings is 1. The van der Waals surface area contributed by atoms with Crippen molar-refractivity contribution in [2.24, 2.45) is 0 Å². The van der Waals surface area contributed by atoms with Crippen LogP contribution in [0.4, 0.5) is 5.69 Å². The van der Waals surface area contributed by atoms with Crippen LogP contribution in [-0.2, 0) is 4.79 Å². The number of para-hydroxylation sites is 2. The summed E-state index contributed by atoms with van der Waals surface area (Å²) in [6, 6.07) is 24.2. The van der Waals surface area contributed by atoms with Gasteiger partial charge in [-0.2, -0.15) is 5.10 Å². The van der Waals surface area contributed by atoms with E-state index in [2.05, 4.69) is 22.0 Å². The van der Waals surface area contributed by atoms with Gasteiger partial charge in [-0.1, -0.05) is 36.4 Å². The van der Waals surface area contributed by atoms with Crippen LogP contribution in [0.15, 0.2) is 97.5 Å². The molecule has 0 spiro atoms. The van der Waals surface area contributed by atoms with Crippen molar-refractivity contribution < 1.29 is 4.79 Å². The topological polar surface area (TPSA) is 54.3 Å². The van der Waals surface area contributed by atoms with Gasteiger partial charge in [0.15, 0.2) is 0 Å². The van der Waals surface area contributed by atoms with Gasteiger partial charge in [0.2, 0.25) is 5.91 Å².